The summed E-state index contributed by atoms with van der Waals surface area (Å²) in [4.78, 5) is 15.5. The first-order valence-corrected chi connectivity index (χ1v) is 4.97. The molecule has 2 aromatic rings. The molecule has 0 atom stereocenters. The summed E-state index contributed by atoms with van der Waals surface area (Å²) in [5, 5.41) is -0.214. The fourth-order valence-corrected chi connectivity index (χ4v) is 1.78. The average Bonchev–Trinajstić information content (AvgIpc) is 2.21. The van der Waals surface area contributed by atoms with Crippen molar-refractivity contribution in [1.29, 1.82) is 0 Å². The van der Waals surface area contributed by atoms with E-state index in [0.29, 0.717) is 12.6 Å². The number of benzene rings is 1. The summed E-state index contributed by atoms with van der Waals surface area (Å²) in [6.45, 7) is 1.98. The summed E-state index contributed by atoms with van der Waals surface area (Å²) in [6.07, 6.45) is 0. The number of fused-ring (bicyclic) bond motifs is 1. The Bertz CT molecular complexity index is 624. The standard InChI is InChI=1S/C10H7ClF2N2O/c1-2-15-9(16)6-3-5(12)4-7(13)8(6)14-10(15)11/h3-4H,2H2,1H3. The molecule has 6 heteroatoms. The van der Waals surface area contributed by atoms with E-state index in [9.17, 15) is 13.6 Å². The molecule has 0 saturated heterocycles. The van der Waals surface area contributed by atoms with Crippen LogP contribution in [0, 0.1) is 11.6 Å². The number of aromatic nitrogens is 2. The maximum absolute atomic E-state index is 13.3. The van der Waals surface area contributed by atoms with Gasteiger partial charge in [-0.1, -0.05) is 0 Å². The van der Waals surface area contributed by atoms with Gasteiger partial charge in [-0.05, 0) is 24.6 Å². The predicted octanol–water partition coefficient (Wildman–Crippen LogP) is 2.35. The second-order valence-corrected chi connectivity index (χ2v) is 3.55. The van der Waals surface area contributed by atoms with E-state index < -0.39 is 17.2 Å². The number of rotatable bonds is 1. The molecule has 1 heterocycles. The van der Waals surface area contributed by atoms with Gasteiger partial charge in [0, 0.05) is 12.6 Å². The first-order chi connectivity index (χ1) is 7.54. The minimum Gasteiger partial charge on any atom is -0.283 e. The molecule has 0 spiro atoms. The van der Waals surface area contributed by atoms with Gasteiger partial charge in [-0.3, -0.25) is 9.36 Å². The maximum Gasteiger partial charge on any atom is 0.262 e. The highest BCUT2D eigenvalue weighted by Crippen LogP contribution is 2.16. The molecule has 3 nitrogen and oxygen atoms in total. The zero-order valence-corrected chi connectivity index (χ0v) is 9.05. The molecular formula is C10H7ClF2N2O. The molecule has 0 amide bonds. The van der Waals surface area contributed by atoms with Crippen LogP contribution in [0.1, 0.15) is 6.92 Å². The van der Waals surface area contributed by atoms with Crippen LogP contribution in [0.25, 0.3) is 10.9 Å². The highest BCUT2D eigenvalue weighted by atomic mass is 35.5. The quantitative estimate of drug-likeness (QED) is 0.722. The minimum absolute atomic E-state index is 0.106. The van der Waals surface area contributed by atoms with Gasteiger partial charge in [0.05, 0.1) is 5.39 Å². The van der Waals surface area contributed by atoms with Crippen molar-refractivity contribution >= 4 is 22.5 Å². The molecule has 0 bridgehead atoms. The summed E-state index contributed by atoms with van der Waals surface area (Å²) < 4.78 is 27.4. The smallest absolute Gasteiger partial charge is 0.262 e. The average molecular weight is 245 g/mol. The molecule has 0 N–H and O–H groups in total. The molecule has 0 fully saturated rings. The van der Waals surface area contributed by atoms with Gasteiger partial charge in [-0.25, -0.2) is 13.8 Å². The molecule has 0 unspecified atom stereocenters. The highest BCUT2D eigenvalue weighted by Gasteiger charge is 2.13. The van der Waals surface area contributed by atoms with E-state index in [1.165, 1.54) is 0 Å². The second-order valence-electron chi connectivity index (χ2n) is 3.21. The lowest BCUT2D eigenvalue weighted by atomic mass is 10.2. The molecule has 0 radical (unpaired) electrons. The van der Waals surface area contributed by atoms with Gasteiger partial charge < -0.3 is 0 Å². The van der Waals surface area contributed by atoms with Crippen molar-refractivity contribution in [1.82, 2.24) is 9.55 Å². The fraction of sp³-hybridized carbons (Fsp3) is 0.200. The zero-order valence-electron chi connectivity index (χ0n) is 8.30. The van der Waals surface area contributed by atoms with E-state index in [1.807, 2.05) is 0 Å². The van der Waals surface area contributed by atoms with E-state index in [-0.39, 0.29) is 16.2 Å². The van der Waals surface area contributed by atoms with Gasteiger partial charge >= 0.3 is 0 Å². The SMILES string of the molecule is CCn1c(Cl)nc2c(F)cc(F)cc2c1=O. The van der Waals surface area contributed by atoms with Crippen molar-refractivity contribution in [3.63, 3.8) is 0 Å². The Kier molecular flexibility index (Phi) is 2.63. The van der Waals surface area contributed by atoms with Crippen LogP contribution in [0.4, 0.5) is 8.78 Å². The van der Waals surface area contributed by atoms with Crippen molar-refractivity contribution in [3.8, 4) is 0 Å². The fourth-order valence-electron chi connectivity index (χ4n) is 1.50. The molecule has 84 valence electrons. The largest absolute Gasteiger partial charge is 0.283 e. The predicted molar refractivity (Wildman–Crippen MR) is 56.6 cm³/mol. The van der Waals surface area contributed by atoms with Crippen LogP contribution in [0.3, 0.4) is 0 Å². The van der Waals surface area contributed by atoms with Crippen molar-refractivity contribution < 1.29 is 8.78 Å². The van der Waals surface area contributed by atoms with Crippen LogP contribution in [0.5, 0.6) is 0 Å². The Balaban J connectivity index is 2.99. The Labute approximate surface area is 94.3 Å². The Hall–Kier alpha value is -1.49. The summed E-state index contributed by atoms with van der Waals surface area (Å²) in [6, 6.07) is 1.62. The monoisotopic (exact) mass is 244 g/mol. The highest BCUT2D eigenvalue weighted by molar-refractivity contribution is 6.28. The summed E-state index contributed by atoms with van der Waals surface area (Å²) >= 11 is 5.71. The number of nitrogens with zero attached hydrogens (tertiary/aromatic N) is 2. The zero-order chi connectivity index (χ0) is 11.9. The van der Waals surface area contributed by atoms with Crippen molar-refractivity contribution in [3.05, 3.63) is 39.4 Å². The third-order valence-corrected chi connectivity index (χ3v) is 2.54. The lowest BCUT2D eigenvalue weighted by molar-refractivity contribution is 0.588. The third kappa shape index (κ3) is 1.57. The van der Waals surface area contributed by atoms with E-state index in [1.54, 1.807) is 6.92 Å². The number of hydrogen-bond acceptors (Lipinski definition) is 2. The first kappa shape index (κ1) is 11.0. The molecule has 0 aliphatic carbocycles. The van der Waals surface area contributed by atoms with Crippen LogP contribution < -0.4 is 5.56 Å². The Morgan fingerprint density at radius 1 is 1.44 bits per heavy atom. The first-order valence-electron chi connectivity index (χ1n) is 4.59. The van der Waals surface area contributed by atoms with E-state index in [4.69, 9.17) is 11.6 Å². The van der Waals surface area contributed by atoms with Crippen LogP contribution in [0.2, 0.25) is 5.28 Å². The number of halogens is 3. The van der Waals surface area contributed by atoms with Crippen LogP contribution in [-0.4, -0.2) is 9.55 Å². The third-order valence-electron chi connectivity index (χ3n) is 2.25. The van der Waals surface area contributed by atoms with Crippen molar-refractivity contribution in [2.75, 3.05) is 0 Å². The van der Waals surface area contributed by atoms with Gasteiger partial charge in [-0.15, -0.1) is 0 Å². The van der Waals surface area contributed by atoms with Gasteiger partial charge in [-0.2, -0.15) is 0 Å². The van der Waals surface area contributed by atoms with E-state index in [2.05, 4.69) is 4.98 Å². The maximum atomic E-state index is 13.3. The molecule has 0 aliphatic heterocycles. The summed E-state index contributed by atoms with van der Waals surface area (Å²) in [7, 11) is 0. The molecule has 16 heavy (non-hydrogen) atoms. The summed E-state index contributed by atoms with van der Waals surface area (Å²) in [5.74, 6) is -1.70. The Morgan fingerprint density at radius 3 is 2.75 bits per heavy atom. The second kappa shape index (κ2) is 3.83. The lowest BCUT2D eigenvalue weighted by Gasteiger charge is -2.06. The normalized spacial score (nSPS) is 11.0. The lowest BCUT2D eigenvalue weighted by Crippen LogP contribution is -2.21. The van der Waals surface area contributed by atoms with Gasteiger partial charge in [0.2, 0.25) is 5.28 Å². The molecular weight excluding hydrogens is 238 g/mol. The summed E-state index contributed by atoms with van der Waals surface area (Å²) in [5.41, 5.74) is -0.753. The van der Waals surface area contributed by atoms with Crippen LogP contribution in [-0.2, 0) is 6.54 Å². The molecule has 2 rings (SSSR count). The van der Waals surface area contributed by atoms with Gasteiger partial charge in [0.1, 0.15) is 11.3 Å². The molecule has 0 aliphatic rings. The van der Waals surface area contributed by atoms with E-state index in [0.717, 1.165) is 10.6 Å². The molecule has 0 saturated carbocycles. The van der Waals surface area contributed by atoms with Crippen LogP contribution >= 0.6 is 11.6 Å². The Morgan fingerprint density at radius 2 is 2.12 bits per heavy atom. The van der Waals surface area contributed by atoms with Gasteiger partial charge in [0.25, 0.3) is 5.56 Å². The van der Waals surface area contributed by atoms with Gasteiger partial charge in [0.15, 0.2) is 5.82 Å². The van der Waals surface area contributed by atoms with E-state index >= 15 is 0 Å². The number of hydrogen-bond donors (Lipinski definition) is 0. The molecule has 1 aromatic heterocycles. The van der Waals surface area contributed by atoms with Crippen LogP contribution in [0.15, 0.2) is 16.9 Å². The minimum atomic E-state index is -0.891. The molecule has 1 aromatic carbocycles. The van der Waals surface area contributed by atoms with Crippen molar-refractivity contribution in [2.45, 2.75) is 13.5 Å². The topological polar surface area (TPSA) is 34.9 Å². The van der Waals surface area contributed by atoms with Crippen molar-refractivity contribution in [2.24, 2.45) is 0 Å².